The van der Waals surface area contributed by atoms with Crippen LogP contribution in [0.1, 0.15) is 55.1 Å². The Labute approximate surface area is 190 Å². The Morgan fingerprint density at radius 1 is 1.09 bits per heavy atom. The van der Waals surface area contributed by atoms with Gasteiger partial charge in [-0.3, -0.25) is 4.79 Å². The first-order valence-electron chi connectivity index (χ1n) is 10.9. The van der Waals surface area contributed by atoms with Gasteiger partial charge in [-0.2, -0.15) is 0 Å². The number of nitrogens with one attached hydrogen (secondary N) is 1. The van der Waals surface area contributed by atoms with E-state index in [9.17, 15) is 13.2 Å². The van der Waals surface area contributed by atoms with Crippen molar-refractivity contribution in [3.63, 3.8) is 0 Å². The van der Waals surface area contributed by atoms with E-state index in [-0.39, 0.29) is 16.4 Å². The minimum Gasteiger partial charge on any atom is -0.497 e. The number of hydrogen-bond donors (Lipinski definition) is 1. The Bertz CT molecular complexity index is 1030. The number of hydrogen-bond acceptors (Lipinski definition) is 5. The molecule has 1 fully saturated rings. The van der Waals surface area contributed by atoms with Gasteiger partial charge in [0.25, 0.3) is 5.91 Å². The van der Waals surface area contributed by atoms with Gasteiger partial charge in [0, 0.05) is 19.1 Å². The van der Waals surface area contributed by atoms with Crippen molar-refractivity contribution >= 4 is 15.9 Å². The second kappa shape index (κ2) is 10.4. The molecule has 0 bridgehead atoms. The number of ether oxygens (including phenoxy) is 2. The molecule has 1 aliphatic heterocycles. The molecule has 8 heteroatoms. The molecule has 2 aromatic rings. The molecule has 0 unspecified atom stereocenters. The fourth-order valence-electron chi connectivity index (χ4n) is 3.88. The lowest BCUT2D eigenvalue weighted by Crippen LogP contribution is -2.38. The van der Waals surface area contributed by atoms with Crippen molar-refractivity contribution < 1.29 is 22.7 Å². The second-order valence-electron chi connectivity index (χ2n) is 8.19. The summed E-state index contributed by atoms with van der Waals surface area (Å²) in [6.07, 6.45) is 2.45. The van der Waals surface area contributed by atoms with Crippen LogP contribution in [-0.4, -0.2) is 46.5 Å². The van der Waals surface area contributed by atoms with Crippen LogP contribution in [0, 0.1) is 5.92 Å². The molecule has 1 saturated heterocycles. The molecule has 0 saturated carbocycles. The Morgan fingerprint density at radius 2 is 1.75 bits per heavy atom. The predicted octanol–water partition coefficient (Wildman–Crippen LogP) is 4.01. The number of sulfonamides is 1. The maximum atomic E-state index is 13.2. The van der Waals surface area contributed by atoms with Crippen molar-refractivity contribution in [1.29, 1.82) is 0 Å². The first kappa shape index (κ1) is 24.1. The SMILES string of the molecule is CC[C@H](NS(=O)(=O)c1ccc(OC)c(C(=O)N2CCC(C)CC2)c1)c1ccc(OC)cc1. The van der Waals surface area contributed by atoms with Gasteiger partial charge < -0.3 is 14.4 Å². The molecule has 1 amide bonds. The molecular formula is C24H32N2O5S. The largest absolute Gasteiger partial charge is 0.497 e. The highest BCUT2D eigenvalue weighted by Gasteiger charge is 2.27. The van der Waals surface area contributed by atoms with Crippen LogP contribution >= 0.6 is 0 Å². The summed E-state index contributed by atoms with van der Waals surface area (Å²) < 4.78 is 39.7. The summed E-state index contributed by atoms with van der Waals surface area (Å²) in [4.78, 5) is 15.0. The molecule has 7 nitrogen and oxygen atoms in total. The molecule has 1 aliphatic rings. The zero-order valence-corrected chi connectivity index (χ0v) is 19.9. The molecule has 1 atom stereocenters. The number of carbonyl (C=O) groups is 1. The van der Waals surface area contributed by atoms with E-state index in [2.05, 4.69) is 11.6 Å². The summed E-state index contributed by atoms with van der Waals surface area (Å²) in [6.45, 7) is 5.41. The highest BCUT2D eigenvalue weighted by atomic mass is 32.2. The third-order valence-corrected chi connectivity index (χ3v) is 7.48. The lowest BCUT2D eigenvalue weighted by atomic mass is 9.98. The number of rotatable bonds is 8. The standard InChI is InChI=1S/C24H32N2O5S/c1-5-22(18-6-8-19(30-3)9-7-18)25-32(28,29)20-10-11-23(31-4)21(16-20)24(27)26-14-12-17(2)13-15-26/h6-11,16-17,22,25H,5,12-15H2,1-4H3/t22-/m0/s1. The van der Waals surface area contributed by atoms with Crippen LogP contribution in [0.4, 0.5) is 0 Å². The van der Waals surface area contributed by atoms with E-state index in [4.69, 9.17) is 9.47 Å². The van der Waals surface area contributed by atoms with Gasteiger partial charge in [-0.25, -0.2) is 13.1 Å². The van der Waals surface area contributed by atoms with E-state index in [1.165, 1.54) is 19.2 Å². The van der Waals surface area contributed by atoms with Crippen molar-refractivity contribution in [2.75, 3.05) is 27.3 Å². The van der Waals surface area contributed by atoms with Crippen molar-refractivity contribution in [2.45, 2.75) is 44.0 Å². The summed E-state index contributed by atoms with van der Waals surface area (Å²) in [5.74, 6) is 1.46. The number of carbonyl (C=O) groups excluding carboxylic acids is 1. The third kappa shape index (κ3) is 5.42. The van der Waals surface area contributed by atoms with Crippen LogP contribution in [0.15, 0.2) is 47.4 Å². The number of methoxy groups -OCH3 is 2. The number of amides is 1. The van der Waals surface area contributed by atoms with E-state index < -0.39 is 16.1 Å². The number of benzene rings is 2. The lowest BCUT2D eigenvalue weighted by Gasteiger charge is -2.30. The second-order valence-corrected chi connectivity index (χ2v) is 9.91. The van der Waals surface area contributed by atoms with Crippen molar-refractivity contribution in [2.24, 2.45) is 5.92 Å². The number of nitrogens with zero attached hydrogens (tertiary/aromatic N) is 1. The molecule has 0 spiro atoms. The maximum absolute atomic E-state index is 13.2. The highest BCUT2D eigenvalue weighted by molar-refractivity contribution is 7.89. The molecule has 0 aromatic heterocycles. The van der Waals surface area contributed by atoms with Crippen LogP contribution < -0.4 is 14.2 Å². The molecule has 2 aromatic carbocycles. The normalized spacial score (nSPS) is 15.9. The molecule has 3 rings (SSSR count). The fraction of sp³-hybridized carbons (Fsp3) is 0.458. The summed E-state index contributed by atoms with van der Waals surface area (Å²) in [5, 5.41) is 0. The number of likely N-dealkylation sites (tertiary alicyclic amines) is 1. The summed E-state index contributed by atoms with van der Waals surface area (Å²) in [6, 6.07) is 11.3. The van der Waals surface area contributed by atoms with E-state index in [0.29, 0.717) is 36.9 Å². The Morgan fingerprint density at radius 3 is 2.31 bits per heavy atom. The van der Waals surface area contributed by atoms with Crippen molar-refractivity contribution in [3.8, 4) is 11.5 Å². The monoisotopic (exact) mass is 460 g/mol. The molecule has 1 N–H and O–H groups in total. The zero-order valence-electron chi connectivity index (χ0n) is 19.1. The highest BCUT2D eigenvalue weighted by Crippen LogP contribution is 2.28. The van der Waals surface area contributed by atoms with Gasteiger partial charge in [0.15, 0.2) is 0 Å². The van der Waals surface area contributed by atoms with E-state index >= 15 is 0 Å². The predicted molar refractivity (Wildman–Crippen MR) is 124 cm³/mol. The van der Waals surface area contributed by atoms with Crippen molar-refractivity contribution in [3.05, 3.63) is 53.6 Å². The number of piperidine rings is 1. The molecule has 0 aliphatic carbocycles. The Hall–Kier alpha value is -2.58. The maximum Gasteiger partial charge on any atom is 0.257 e. The Kier molecular flexibility index (Phi) is 7.79. The van der Waals surface area contributed by atoms with Crippen molar-refractivity contribution in [1.82, 2.24) is 9.62 Å². The van der Waals surface area contributed by atoms with Gasteiger partial charge in [-0.05, 0) is 61.1 Å². The third-order valence-electron chi connectivity index (χ3n) is 6.01. The van der Waals surface area contributed by atoms with Crippen LogP contribution in [0.5, 0.6) is 11.5 Å². The zero-order chi connectivity index (χ0) is 23.3. The smallest absolute Gasteiger partial charge is 0.257 e. The summed E-state index contributed by atoms with van der Waals surface area (Å²) in [5.41, 5.74) is 1.10. The van der Waals surface area contributed by atoms with E-state index in [1.54, 1.807) is 30.2 Å². The van der Waals surface area contributed by atoms with Crippen LogP contribution in [0.25, 0.3) is 0 Å². The minimum atomic E-state index is -3.86. The quantitative estimate of drug-likeness (QED) is 0.644. The molecular weight excluding hydrogens is 428 g/mol. The van der Waals surface area contributed by atoms with Crippen LogP contribution in [0.2, 0.25) is 0 Å². The van der Waals surface area contributed by atoms with Gasteiger partial charge in [-0.1, -0.05) is 26.0 Å². The summed E-state index contributed by atoms with van der Waals surface area (Å²) in [7, 11) is -0.798. The average molecular weight is 461 g/mol. The van der Waals surface area contributed by atoms with Crippen LogP contribution in [-0.2, 0) is 10.0 Å². The average Bonchev–Trinajstić information content (AvgIpc) is 2.82. The van der Waals surface area contributed by atoms with Gasteiger partial charge in [-0.15, -0.1) is 0 Å². The molecule has 32 heavy (non-hydrogen) atoms. The van der Waals surface area contributed by atoms with Gasteiger partial charge >= 0.3 is 0 Å². The van der Waals surface area contributed by atoms with Gasteiger partial charge in [0.05, 0.1) is 24.7 Å². The first-order chi connectivity index (χ1) is 15.3. The van der Waals surface area contributed by atoms with E-state index in [1.807, 2.05) is 19.1 Å². The topological polar surface area (TPSA) is 84.9 Å². The lowest BCUT2D eigenvalue weighted by molar-refractivity contribution is 0.0693. The molecule has 174 valence electrons. The van der Waals surface area contributed by atoms with Gasteiger partial charge in [0.1, 0.15) is 11.5 Å². The summed E-state index contributed by atoms with van der Waals surface area (Å²) >= 11 is 0. The first-order valence-corrected chi connectivity index (χ1v) is 12.4. The van der Waals surface area contributed by atoms with Crippen LogP contribution in [0.3, 0.4) is 0 Å². The van der Waals surface area contributed by atoms with Gasteiger partial charge in [0.2, 0.25) is 10.0 Å². The molecule has 1 heterocycles. The molecule has 0 radical (unpaired) electrons. The Balaban J connectivity index is 1.86. The van der Waals surface area contributed by atoms with E-state index in [0.717, 1.165) is 18.4 Å². The fourth-order valence-corrected chi connectivity index (χ4v) is 5.22. The minimum absolute atomic E-state index is 0.0407.